The minimum absolute atomic E-state index is 0. The van der Waals surface area contributed by atoms with Crippen molar-refractivity contribution in [1.82, 2.24) is 10.0 Å². The number of hydrogen-bond acceptors (Lipinski definition) is 4. The Balaban J connectivity index is 0.00000256. The van der Waals surface area contributed by atoms with Gasteiger partial charge in [-0.3, -0.25) is 0 Å². The third-order valence-electron chi connectivity index (χ3n) is 2.36. The Kier molecular flexibility index (Phi) is 6.18. The highest BCUT2D eigenvalue weighted by molar-refractivity contribution is 7.89. The van der Waals surface area contributed by atoms with Gasteiger partial charge in [-0.2, -0.15) is 0 Å². The van der Waals surface area contributed by atoms with E-state index < -0.39 is 10.0 Å². The van der Waals surface area contributed by atoms with E-state index in [1.54, 1.807) is 20.9 Å². The predicted octanol–water partition coefficient (Wildman–Crippen LogP) is 1.20. The van der Waals surface area contributed by atoms with E-state index in [9.17, 15) is 8.42 Å². The number of halogens is 1. The largest absolute Gasteiger partial charge is 0.465 e. The molecule has 5 nitrogen and oxygen atoms in total. The van der Waals surface area contributed by atoms with Gasteiger partial charge in [-0.1, -0.05) is 0 Å². The molecule has 0 amide bonds. The van der Waals surface area contributed by atoms with E-state index in [1.165, 1.54) is 6.07 Å². The number of sulfonamides is 1. The highest BCUT2D eigenvalue weighted by Crippen LogP contribution is 2.18. The van der Waals surface area contributed by atoms with Crippen LogP contribution in [0.3, 0.4) is 0 Å². The van der Waals surface area contributed by atoms with E-state index in [1.807, 2.05) is 6.92 Å². The monoisotopic (exact) mass is 282 g/mol. The summed E-state index contributed by atoms with van der Waals surface area (Å²) in [4.78, 5) is 0.216. The van der Waals surface area contributed by atoms with Crippen LogP contribution in [0.4, 0.5) is 0 Å². The van der Waals surface area contributed by atoms with Gasteiger partial charge in [-0.15, -0.1) is 12.4 Å². The average molecular weight is 283 g/mol. The summed E-state index contributed by atoms with van der Waals surface area (Å²) >= 11 is 0. The second kappa shape index (κ2) is 6.39. The quantitative estimate of drug-likeness (QED) is 0.851. The minimum Gasteiger partial charge on any atom is -0.465 e. The van der Waals surface area contributed by atoms with E-state index in [0.717, 1.165) is 0 Å². The van der Waals surface area contributed by atoms with Crippen LogP contribution in [-0.4, -0.2) is 28.1 Å². The summed E-state index contributed by atoms with van der Waals surface area (Å²) < 4.78 is 31.5. The van der Waals surface area contributed by atoms with E-state index in [0.29, 0.717) is 18.1 Å². The van der Waals surface area contributed by atoms with Crippen molar-refractivity contribution >= 4 is 22.4 Å². The molecular formula is C10H19ClN2O3S. The molecule has 1 aromatic heterocycles. The van der Waals surface area contributed by atoms with Crippen molar-refractivity contribution in [3.05, 3.63) is 17.6 Å². The molecule has 0 aliphatic rings. The summed E-state index contributed by atoms with van der Waals surface area (Å²) in [5.41, 5.74) is 0. The fourth-order valence-corrected chi connectivity index (χ4v) is 2.65. The van der Waals surface area contributed by atoms with Crippen LogP contribution in [0.1, 0.15) is 18.4 Å². The minimum atomic E-state index is -3.46. The standard InChI is InChI=1S/C10H18N2O3S.ClH/c1-7(11-4)6-12-16(13,14)10-5-8(2)15-9(10)3;/h5,7,11-12H,6H2,1-4H3;1H. The Labute approximate surface area is 108 Å². The van der Waals surface area contributed by atoms with Crippen LogP contribution in [0.25, 0.3) is 0 Å². The first-order valence-corrected chi connectivity index (χ1v) is 6.59. The van der Waals surface area contributed by atoms with Crippen LogP contribution in [0.15, 0.2) is 15.4 Å². The molecule has 1 aromatic rings. The van der Waals surface area contributed by atoms with Gasteiger partial charge in [0.25, 0.3) is 0 Å². The molecule has 0 aromatic carbocycles. The third-order valence-corrected chi connectivity index (χ3v) is 3.89. The van der Waals surface area contributed by atoms with Crippen LogP contribution in [-0.2, 0) is 10.0 Å². The van der Waals surface area contributed by atoms with Crippen molar-refractivity contribution < 1.29 is 12.8 Å². The van der Waals surface area contributed by atoms with Crippen LogP contribution in [0.2, 0.25) is 0 Å². The number of hydrogen-bond donors (Lipinski definition) is 2. The van der Waals surface area contributed by atoms with Gasteiger partial charge in [0, 0.05) is 12.6 Å². The average Bonchev–Trinajstić information content (AvgIpc) is 2.55. The van der Waals surface area contributed by atoms with Crippen molar-refractivity contribution in [2.75, 3.05) is 13.6 Å². The highest BCUT2D eigenvalue weighted by atomic mass is 35.5. The van der Waals surface area contributed by atoms with E-state index in [4.69, 9.17) is 4.42 Å². The van der Waals surface area contributed by atoms with Crippen molar-refractivity contribution in [2.24, 2.45) is 0 Å². The molecule has 17 heavy (non-hydrogen) atoms. The Morgan fingerprint density at radius 3 is 2.41 bits per heavy atom. The molecule has 0 spiro atoms. The SMILES string of the molecule is CNC(C)CNS(=O)(=O)c1cc(C)oc1C.Cl. The Bertz CT molecular complexity index is 456. The van der Waals surface area contributed by atoms with Crippen LogP contribution >= 0.6 is 12.4 Å². The van der Waals surface area contributed by atoms with Gasteiger partial charge in [0.15, 0.2) is 0 Å². The van der Waals surface area contributed by atoms with Crippen LogP contribution < -0.4 is 10.0 Å². The predicted molar refractivity (Wildman–Crippen MR) is 69.1 cm³/mol. The number of nitrogens with one attached hydrogen (secondary N) is 2. The summed E-state index contributed by atoms with van der Waals surface area (Å²) in [6, 6.07) is 1.62. The van der Waals surface area contributed by atoms with Gasteiger partial charge in [-0.25, -0.2) is 13.1 Å². The molecule has 1 unspecified atom stereocenters. The zero-order valence-electron chi connectivity index (χ0n) is 10.4. The first-order chi connectivity index (χ1) is 7.36. The summed E-state index contributed by atoms with van der Waals surface area (Å²) in [5, 5.41) is 2.96. The second-order valence-corrected chi connectivity index (χ2v) is 5.55. The summed E-state index contributed by atoms with van der Waals surface area (Å²) in [5.74, 6) is 1.02. The lowest BCUT2D eigenvalue weighted by molar-refractivity contribution is 0.495. The lowest BCUT2D eigenvalue weighted by atomic mass is 10.4. The zero-order valence-corrected chi connectivity index (χ0v) is 12.0. The zero-order chi connectivity index (χ0) is 12.3. The normalized spacial score (nSPS) is 13.2. The van der Waals surface area contributed by atoms with Gasteiger partial charge >= 0.3 is 0 Å². The molecule has 1 rings (SSSR count). The lowest BCUT2D eigenvalue weighted by Crippen LogP contribution is -2.37. The van der Waals surface area contributed by atoms with Crippen molar-refractivity contribution in [1.29, 1.82) is 0 Å². The first kappa shape index (κ1) is 16.4. The van der Waals surface area contributed by atoms with E-state index in [2.05, 4.69) is 10.0 Å². The molecule has 0 radical (unpaired) electrons. The topological polar surface area (TPSA) is 71.3 Å². The van der Waals surface area contributed by atoms with Gasteiger partial charge in [0.2, 0.25) is 10.0 Å². The maximum atomic E-state index is 11.9. The molecule has 0 aliphatic heterocycles. The smallest absolute Gasteiger partial charge is 0.244 e. The molecule has 1 atom stereocenters. The molecule has 100 valence electrons. The molecule has 7 heteroatoms. The fourth-order valence-electron chi connectivity index (χ4n) is 1.29. The molecule has 2 N–H and O–H groups in total. The second-order valence-electron chi connectivity index (χ2n) is 3.82. The molecule has 0 aliphatic carbocycles. The number of furan rings is 1. The number of aryl methyl sites for hydroxylation is 2. The van der Waals surface area contributed by atoms with Crippen molar-refractivity contribution in [3.63, 3.8) is 0 Å². The Morgan fingerprint density at radius 2 is 2.00 bits per heavy atom. The van der Waals surface area contributed by atoms with Gasteiger partial charge in [0.05, 0.1) is 0 Å². The van der Waals surface area contributed by atoms with Crippen molar-refractivity contribution in [3.8, 4) is 0 Å². The molecule has 0 saturated heterocycles. The number of likely N-dealkylation sites (N-methyl/N-ethyl adjacent to an activating group) is 1. The van der Waals surface area contributed by atoms with Crippen molar-refractivity contribution in [2.45, 2.75) is 31.7 Å². The van der Waals surface area contributed by atoms with Gasteiger partial charge in [-0.05, 0) is 33.9 Å². The Morgan fingerprint density at radius 1 is 1.41 bits per heavy atom. The first-order valence-electron chi connectivity index (χ1n) is 5.11. The maximum Gasteiger partial charge on any atom is 0.244 e. The fraction of sp³-hybridized carbons (Fsp3) is 0.600. The molecule has 1 heterocycles. The molecule has 0 fully saturated rings. The number of rotatable bonds is 5. The van der Waals surface area contributed by atoms with Crippen LogP contribution in [0.5, 0.6) is 0 Å². The lowest BCUT2D eigenvalue weighted by Gasteiger charge is -2.11. The molecule has 0 bridgehead atoms. The third kappa shape index (κ3) is 4.31. The molecular weight excluding hydrogens is 264 g/mol. The summed E-state index contributed by atoms with van der Waals surface area (Å²) in [6.07, 6.45) is 0. The van der Waals surface area contributed by atoms with Gasteiger partial charge < -0.3 is 9.73 Å². The summed E-state index contributed by atoms with van der Waals surface area (Å²) in [6.45, 7) is 5.61. The van der Waals surface area contributed by atoms with E-state index >= 15 is 0 Å². The highest BCUT2D eigenvalue weighted by Gasteiger charge is 2.20. The summed E-state index contributed by atoms with van der Waals surface area (Å²) in [7, 11) is -1.68. The Hall–Kier alpha value is -0.560. The maximum absolute atomic E-state index is 11.9. The molecule has 0 saturated carbocycles. The van der Waals surface area contributed by atoms with Crippen LogP contribution in [0, 0.1) is 13.8 Å². The van der Waals surface area contributed by atoms with E-state index in [-0.39, 0.29) is 23.3 Å². The van der Waals surface area contributed by atoms with Gasteiger partial charge in [0.1, 0.15) is 16.4 Å².